The molecule has 0 heterocycles. The van der Waals surface area contributed by atoms with Crippen LogP contribution in [0.5, 0.6) is 0 Å². The molecule has 2 nitrogen and oxygen atoms in total. The molecule has 1 aliphatic carbocycles. The van der Waals surface area contributed by atoms with Crippen molar-refractivity contribution in [1.29, 1.82) is 0 Å². The van der Waals surface area contributed by atoms with Crippen molar-refractivity contribution in [3.8, 4) is 0 Å². The second kappa shape index (κ2) is 6.71. The first-order chi connectivity index (χ1) is 9.86. The average Bonchev–Trinajstić information content (AvgIpc) is 2.44. The molecular formula is C16H23BrF2N2. The zero-order valence-electron chi connectivity index (χ0n) is 12.6. The third-order valence-electron chi connectivity index (χ3n) is 4.85. The van der Waals surface area contributed by atoms with Gasteiger partial charge in [-0.3, -0.25) is 11.3 Å². The lowest BCUT2D eigenvalue weighted by Gasteiger charge is -2.43. The minimum absolute atomic E-state index is 0.105. The van der Waals surface area contributed by atoms with Crippen LogP contribution in [-0.4, -0.2) is 6.04 Å². The minimum Gasteiger partial charge on any atom is -0.271 e. The molecule has 118 valence electrons. The van der Waals surface area contributed by atoms with Crippen LogP contribution in [0.25, 0.3) is 0 Å². The van der Waals surface area contributed by atoms with Crippen LogP contribution in [0.2, 0.25) is 0 Å². The maximum Gasteiger partial charge on any atom is 0.143 e. The second-order valence-corrected chi connectivity index (χ2v) is 7.49. The molecule has 1 fully saturated rings. The molecular weight excluding hydrogens is 338 g/mol. The average molecular weight is 361 g/mol. The molecule has 21 heavy (non-hydrogen) atoms. The molecule has 0 amide bonds. The second-order valence-electron chi connectivity index (χ2n) is 6.64. The van der Waals surface area contributed by atoms with Gasteiger partial charge in [-0.2, -0.15) is 0 Å². The summed E-state index contributed by atoms with van der Waals surface area (Å²) in [5.41, 5.74) is 3.04. The van der Waals surface area contributed by atoms with Crippen LogP contribution < -0.4 is 11.3 Å². The predicted molar refractivity (Wildman–Crippen MR) is 84.6 cm³/mol. The van der Waals surface area contributed by atoms with Gasteiger partial charge in [0.15, 0.2) is 0 Å². The Morgan fingerprint density at radius 3 is 2.71 bits per heavy atom. The van der Waals surface area contributed by atoms with E-state index in [0.29, 0.717) is 5.92 Å². The predicted octanol–water partition coefficient (Wildman–Crippen LogP) is 4.32. The van der Waals surface area contributed by atoms with Crippen LogP contribution in [0.3, 0.4) is 0 Å². The van der Waals surface area contributed by atoms with Crippen LogP contribution in [0.1, 0.15) is 45.1 Å². The third kappa shape index (κ3) is 3.63. The first-order valence-electron chi connectivity index (χ1n) is 7.45. The Kier molecular flexibility index (Phi) is 5.38. The van der Waals surface area contributed by atoms with Crippen LogP contribution in [-0.2, 0) is 6.42 Å². The van der Waals surface area contributed by atoms with E-state index in [4.69, 9.17) is 5.84 Å². The standard InChI is InChI=1S/C16H23BrF2N2/c1-16(2)8-4-3-5-11(16)14(21-20)9-10-13(18)7-6-12(17)15(10)19/h6-7,11,14,21H,3-5,8-9,20H2,1-2H3. The number of halogens is 3. The molecule has 1 saturated carbocycles. The van der Waals surface area contributed by atoms with Gasteiger partial charge in [-0.1, -0.05) is 26.7 Å². The maximum atomic E-state index is 14.2. The van der Waals surface area contributed by atoms with Gasteiger partial charge in [0.1, 0.15) is 11.6 Å². The maximum absolute atomic E-state index is 14.2. The summed E-state index contributed by atoms with van der Waals surface area (Å²) < 4.78 is 28.4. The van der Waals surface area contributed by atoms with Gasteiger partial charge in [-0.05, 0) is 58.7 Å². The lowest BCUT2D eigenvalue weighted by molar-refractivity contribution is 0.0974. The van der Waals surface area contributed by atoms with Gasteiger partial charge < -0.3 is 0 Å². The highest BCUT2D eigenvalue weighted by Gasteiger charge is 2.37. The normalized spacial score (nSPS) is 23.0. The number of nitrogens with one attached hydrogen (secondary N) is 1. The zero-order chi connectivity index (χ0) is 15.6. The van der Waals surface area contributed by atoms with Gasteiger partial charge in [-0.25, -0.2) is 8.78 Å². The summed E-state index contributed by atoms with van der Waals surface area (Å²) in [6.45, 7) is 4.43. The highest BCUT2D eigenvalue weighted by molar-refractivity contribution is 9.10. The molecule has 0 aliphatic heterocycles. The van der Waals surface area contributed by atoms with Crippen LogP contribution in [0.15, 0.2) is 16.6 Å². The van der Waals surface area contributed by atoms with Crippen molar-refractivity contribution in [2.45, 2.75) is 52.0 Å². The summed E-state index contributed by atoms with van der Waals surface area (Å²) >= 11 is 3.12. The van der Waals surface area contributed by atoms with Gasteiger partial charge in [0.05, 0.1) is 4.47 Å². The van der Waals surface area contributed by atoms with Crippen molar-refractivity contribution < 1.29 is 8.78 Å². The Morgan fingerprint density at radius 2 is 2.10 bits per heavy atom. The summed E-state index contributed by atoms with van der Waals surface area (Å²) in [6, 6.07) is 2.56. The van der Waals surface area contributed by atoms with Gasteiger partial charge in [0.2, 0.25) is 0 Å². The van der Waals surface area contributed by atoms with E-state index in [1.165, 1.54) is 18.6 Å². The molecule has 1 aromatic carbocycles. The lowest BCUT2D eigenvalue weighted by Crippen LogP contribution is -2.49. The fourth-order valence-corrected chi connectivity index (χ4v) is 3.93. The van der Waals surface area contributed by atoms with Crippen molar-refractivity contribution in [3.05, 3.63) is 33.8 Å². The summed E-state index contributed by atoms with van der Waals surface area (Å²) in [5.74, 6) is 4.98. The molecule has 0 radical (unpaired) electrons. The van der Waals surface area contributed by atoms with Crippen molar-refractivity contribution in [2.24, 2.45) is 17.2 Å². The van der Waals surface area contributed by atoms with E-state index in [1.807, 2.05) is 0 Å². The molecule has 2 rings (SSSR count). The Hall–Kier alpha value is -0.520. The number of hydrogen-bond donors (Lipinski definition) is 2. The number of hydrogen-bond acceptors (Lipinski definition) is 2. The Balaban J connectivity index is 2.25. The third-order valence-corrected chi connectivity index (χ3v) is 5.47. The van der Waals surface area contributed by atoms with Gasteiger partial charge in [0, 0.05) is 11.6 Å². The topological polar surface area (TPSA) is 38.0 Å². The minimum atomic E-state index is -0.524. The van der Waals surface area contributed by atoms with Crippen LogP contribution in [0, 0.1) is 23.0 Å². The zero-order valence-corrected chi connectivity index (χ0v) is 14.1. The van der Waals surface area contributed by atoms with Crippen molar-refractivity contribution in [1.82, 2.24) is 5.43 Å². The van der Waals surface area contributed by atoms with E-state index in [-0.39, 0.29) is 27.9 Å². The van der Waals surface area contributed by atoms with E-state index >= 15 is 0 Å². The van der Waals surface area contributed by atoms with Crippen molar-refractivity contribution >= 4 is 15.9 Å². The molecule has 0 saturated heterocycles. The fourth-order valence-electron chi connectivity index (χ4n) is 3.56. The summed E-state index contributed by atoms with van der Waals surface area (Å²) in [4.78, 5) is 0. The Morgan fingerprint density at radius 1 is 1.38 bits per heavy atom. The van der Waals surface area contributed by atoms with E-state index in [0.717, 1.165) is 19.3 Å². The number of hydrazine groups is 1. The lowest BCUT2D eigenvalue weighted by atomic mass is 9.65. The van der Waals surface area contributed by atoms with E-state index in [2.05, 4.69) is 35.2 Å². The molecule has 5 heteroatoms. The van der Waals surface area contributed by atoms with Gasteiger partial charge >= 0.3 is 0 Å². The van der Waals surface area contributed by atoms with Crippen molar-refractivity contribution in [3.63, 3.8) is 0 Å². The number of rotatable bonds is 4. The largest absolute Gasteiger partial charge is 0.271 e. The molecule has 3 N–H and O–H groups in total. The first kappa shape index (κ1) is 16.8. The fraction of sp³-hybridized carbons (Fsp3) is 0.625. The van der Waals surface area contributed by atoms with E-state index in [1.54, 1.807) is 0 Å². The molecule has 0 aromatic heterocycles. The first-order valence-corrected chi connectivity index (χ1v) is 8.24. The highest BCUT2D eigenvalue weighted by atomic mass is 79.9. The molecule has 0 bridgehead atoms. The number of benzene rings is 1. The summed E-state index contributed by atoms with van der Waals surface area (Å²) in [7, 11) is 0. The van der Waals surface area contributed by atoms with E-state index < -0.39 is 11.6 Å². The SMILES string of the molecule is CC1(C)CCCCC1C(Cc1c(F)ccc(Br)c1F)NN. The Bertz CT molecular complexity index is 505. The molecule has 2 atom stereocenters. The molecule has 1 aliphatic rings. The van der Waals surface area contributed by atoms with Crippen LogP contribution in [0.4, 0.5) is 8.78 Å². The van der Waals surface area contributed by atoms with Crippen LogP contribution >= 0.6 is 15.9 Å². The summed E-state index contributed by atoms with van der Waals surface area (Å²) in [6.07, 6.45) is 4.79. The molecule has 1 aromatic rings. The molecule has 2 unspecified atom stereocenters. The van der Waals surface area contributed by atoms with Gasteiger partial charge in [-0.15, -0.1) is 0 Å². The monoisotopic (exact) mass is 360 g/mol. The quantitative estimate of drug-likeness (QED) is 0.476. The van der Waals surface area contributed by atoms with Crippen molar-refractivity contribution in [2.75, 3.05) is 0 Å². The number of nitrogens with two attached hydrogens (primary N) is 1. The summed E-state index contributed by atoms with van der Waals surface area (Å²) in [5, 5.41) is 0. The highest BCUT2D eigenvalue weighted by Crippen LogP contribution is 2.43. The molecule has 0 spiro atoms. The van der Waals surface area contributed by atoms with E-state index in [9.17, 15) is 8.78 Å². The smallest absolute Gasteiger partial charge is 0.143 e. The Labute approximate surface area is 133 Å². The van der Waals surface area contributed by atoms with Gasteiger partial charge in [0.25, 0.3) is 0 Å².